The minimum absolute atomic E-state index is 0.0521. The molecule has 31 heavy (non-hydrogen) atoms. The Balaban J connectivity index is 1.57. The number of ether oxygens (including phenoxy) is 1. The molecule has 166 valence electrons. The van der Waals surface area contributed by atoms with Crippen LogP contribution in [-0.2, 0) is 16.1 Å². The Kier molecular flexibility index (Phi) is 6.53. The van der Waals surface area contributed by atoms with Crippen LogP contribution in [0.15, 0.2) is 42.6 Å². The second-order valence-electron chi connectivity index (χ2n) is 9.07. The van der Waals surface area contributed by atoms with Gasteiger partial charge in [-0.3, -0.25) is 9.69 Å². The molecule has 4 atom stereocenters. The first-order valence-corrected chi connectivity index (χ1v) is 11.1. The number of rotatable bonds is 5. The molecule has 7 nitrogen and oxygen atoms in total. The number of hydrogen-bond acceptors (Lipinski definition) is 6. The largest absolute Gasteiger partial charge is 0.372 e. The van der Waals surface area contributed by atoms with Gasteiger partial charge in [0.05, 0.1) is 23.8 Å². The lowest BCUT2D eigenvalue weighted by molar-refractivity contribution is -0.133. The molecule has 0 radical (unpaired) electrons. The molecule has 0 N–H and O–H groups in total. The molecule has 2 aromatic rings. The van der Waals surface area contributed by atoms with Gasteiger partial charge in [-0.05, 0) is 25.5 Å². The van der Waals surface area contributed by atoms with Gasteiger partial charge < -0.3 is 14.5 Å². The number of benzene rings is 1. The highest BCUT2D eigenvalue weighted by atomic mass is 16.5. The standard InChI is InChI=1S/C24H33N5O2/c1-17-12-29(13-18(2)31-17)24-25-11-10-22(26-24)20-15-28(14-19-8-6-5-7-9-19)16-21(20)23(30)27(3)4/h5-11,17-18,20-21H,12-16H2,1-4H3/t17-,18+,20-,21-/m1/s1. The molecule has 7 heteroatoms. The normalized spacial score (nSPS) is 26.8. The third-order valence-corrected chi connectivity index (χ3v) is 6.15. The molecule has 1 amide bonds. The summed E-state index contributed by atoms with van der Waals surface area (Å²) in [5, 5.41) is 0. The number of hydrogen-bond donors (Lipinski definition) is 0. The number of likely N-dealkylation sites (tertiary alicyclic amines) is 1. The number of anilines is 1. The van der Waals surface area contributed by atoms with Gasteiger partial charge in [-0.1, -0.05) is 30.3 Å². The molecule has 4 rings (SSSR count). The Morgan fingerprint density at radius 1 is 1.06 bits per heavy atom. The van der Waals surface area contributed by atoms with Gasteiger partial charge in [0.1, 0.15) is 0 Å². The van der Waals surface area contributed by atoms with Crippen molar-refractivity contribution < 1.29 is 9.53 Å². The van der Waals surface area contributed by atoms with Crippen LogP contribution < -0.4 is 4.90 Å². The summed E-state index contributed by atoms with van der Waals surface area (Å²) in [5.41, 5.74) is 2.21. The maximum atomic E-state index is 13.0. The Bertz CT molecular complexity index is 881. The van der Waals surface area contributed by atoms with Gasteiger partial charge in [0.2, 0.25) is 11.9 Å². The summed E-state index contributed by atoms with van der Waals surface area (Å²) >= 11 is 0. The van der Waals surface area contributed by atoms with E-state index >= 15 is 0 Å². The number of carbonyl (C=O) groups is 1. The summed E-state index contributed by atoms with van der Waals surface area (Å²) in [5.74, 6) is 0.839. The van der Waals surface area contributed by atoms with Crippen LogP contribution in [0.3, 0.4) is 0 Å². The molecule has 0 aliphatic carbocycles. The van der Waals surface area contributed by atoms with Gasteiger partial charge in [0.25, 0.3) is 0 Å². The van der Waals surface area contributed by atoms with E-state index in [0.717, 1.165) is 44.4 Å². The van der Waals surface area contributed by atoms with Crippen LogP contribution in [-0.4, -0.2) is 78.2 Å². The van der Waals surface area contributed by atoms with E-state index in [9.17, 15) is 4.79 Å². The molecule has 2 aliphatic heterocycles. The van der Waals surface area contributed by atoms with E-state index in [4.69, 9.17) is 9.72 Å². The summed E-state index contributed by atoms with van der Waals surface area (Å²) in [6, 6.07) is 12.4. The van der Waals surface area contributed by atoms with Crippen LogP contribution in [0.1, 0.15) is 31.0 Å². The monoisotopic (exact) mass is 423 g/mol. The highest BCUT2D eigenvalue weighted by Crippen LogP contribution is 2.34. The van der Waals surface area contributed by atoms with E-state index in [1.165, 1.54) is 5.56 Å². The zero-order chi connectivity index (χ0) is 22.0. The molecule has 0 unspecified atom stereocenters. The minimum atomic E-state index is -0.107. The fourth-order valence-corrected chi connectivity index (χ4v) is 4.80. The smallest absolute Gasteiger partial charge is 0.227 e. The van der Waals surface area contributed by atoms with Crippen molar-refractivity contribution in [3.8, 4) is 0 Å². The summed E-state index contributed by atoms with van der Waals surface area (Å²) in [6.07, 6.45) is 2.12. The first kappa shape index (κ1) is 21.7. The average molecular weight is 424 g/mol. The Labute approximate surface area is 185 Å². The highest BCUT2D eigenvalue weighted by Gasteiger charge is 2.40. The van der Waals surface area contributed by atoms with Crippen LogP contribution in [0.25, 0.3) is 0 Å². The molecule has 2 saturated heterocycles. The second kappa shape index (κ2) is 9.32. The van der Waals surface area contributed by atoms with Crippen molar-refractivity contribution >= 4 is 11.9 Å². The summed E-state index contributed by atoms with van der Waals surface area (Å²) in [7, 11) is 3.67. The van der Waals surface area contributed by atoms with Crippen molar-refractivity contribution in [1.29, 1.82) is 0 Å². The Morgan fingerprint density at radius 3 is 2.45 bits per heavy atom. The van der Waals surface area contributed by atoms with E-state index in [2.05, 4.69) is 52.9 Å². The zero-order valence-corrected chi connectivity index (χ0v) is 18.9. The van der Waals surface area contributed by atoms with Crippen molar-refractivity contribution in [3.05, 3.63) is 53.9 Å². The van der Waals surface area contributed by atoms with E-state index in [-0.39, 0.29) is 30.0 Å². The molecule has 0 spiro atoms. The van der Waals surface area contributed by atoms with E-state index in [1.54, 1.807) is 4.90 Å². The lowest BCUT2D eigenvalue weighted by Gasteiger charge is -2.35. The molecule has 2 aliphatic rings. The number of aromatic nitrogens is 2. The highest BCUT2D eigenvalue weighted by molar-refractivity contribution is 5.80. The third kappa shape index (κ3) is 5.05. The van der Waals surface area contributed by atoms with E-state index < -0.39 is 0 Å². The fourth-order valence-electron chi connectivity index (χ4n) is 4.80. The molecule has 0 bridgehead atoms. The van der Waals surface area contributed by atoms with Crippen LogP contribution in [0, 0.1) is 5.92 Å². The van der Waals surface area contributed by atoms with Crippen LogP contribution in [0.5, 0.6) is 0 Å². The van der Waals surface area contributed by atoms with Crippen LogP contribution in [0.4, 0.5) is 5.95 Å². The van der Waals surface area contributed by atoms with Crippen molar-refractivity contribution in [2.75, 3.05) is 45.2 Å². The zero-order valence-electron chi connectivity index (χ0n) is 18.9. The maximum Gasteiger partial charge on any atom is 0.227 e. The first-order chi connectivity index (χ1) is 14.9. The van der Waals surface area contributed by atoms with Crippen molar-refractivity contribution in [2.24, 2.45) is 5.92 Å². The quantitative estimate of drug-likeness (QED) is 0.736. The molecular formula is C24H33N5O2. The van der Waals surface area contributed by atoms with Crippen molar-refractivity contribution in [2.45, 2.75) is 38.5 Å². The topological polar surface area (TPSA) is 61.8 Å². The molecule has 0 saturated carbocycles. The summed E-state index contributed by atoms with van der Waals surface area (Å²) < 4.78 is 5.86. The van der Waals surface area contributed by atoms with Crippen LogP contribution >= 0.6 is 0 Å². The van der Waals surface area contributed by atoms with Gasteiger partial charge in [-0.2, -0.15) is 0 Å². The fraction of sp³-hybridized carbons (Fsp3) is 0.542. The van der Waals surface area contributed by atoms with Crippen molar-refractivity contribution in [1.82, 2.24) is 19.8 Å². The number of amides is 1. The summed E-state index contributed by atoms with van der Waals surface area (Å²) in [4.78, 5) is 28.8. The van der Waals surface area contributed by atoms with Gasteiger partial charge >= 0.3 is 0 Å². The van der Waals surface area contributed by atoms with E-state index in [1.807, 2.05) is 32.4 Å². The third-order valence-electron chi connectivity index (χ3n) is 6.15. The lowest BCUT2D eigenvalue weighted by Crippen LogP contribution is -2.46. The Hall–Kier alpha value is -2.51. The minimum Gasteiger partial charge on any atom is -0.372 e. The number of carbonyl (C=O) groups excluding carboxylic acids is 1. The second-order valence-corrected chi connectivity index (χ2v) is 9.07. The van der Waals surface area contributed by atoms with Gasteiger partial charge in [0, 0.05) is 58.9 Å². The SMILES string of the molecule is C[C@@H]1CN(c2nccc([C@@H]3CN(Cc4ccccc4)C[C@H]3C(=O)N(C)C)n2)C[C@H](C)O1. The van der Waals surface area contributed by atoms with E-state index in [0.29, 0.717) is 0 Å². The molecule has 3 heterocycles. The number of nitrogens with zero attached hydrogens (tertiary/aromatic N) is 5. The molecule has 2 fully saturated rings. The molecular weight excluding hydrogens is 390 g/mol. The molecule has 1 aromatic heterocycles. The Morgan fingerprint density at radius 2 is 1.77 bits per heavy atom. The lowest BCUT2D eigenvalue weighted by atomic mass is 9.91. The summed E-state index contributed by atoms with van der Waals surface area (Å²) in [6.45, 7) is 8.10. The first-order valence-electron chi connectivity index (χ1n) is 11.1. The van der Waals surface area contributed by atoms with Crippen LogP contribution in [0.2, 0.25) is 0 Å². The maximum absolute atomic E-state index is 13.0. The molecule has 1 aromatic carbocycles. The predicted octanol–water partition coefficient (Wildman–Crippen LogP) is 2.39. The van der Waals surface area contributed by atoms with Gasteiger partial charge in [-0.15, -0.1) is 0 Å². The average Bonchev–Trinajstić information content (AvgIpc) is 3.17. The number of morpholine rings is 1. The van der Waals surface area contributed by atoms with Gasteiger partial charge in [0.15, 0.2) is 0 Å². The predicted molar refractivity (Wildman–Crippen MR) is 121 cm³/mol. The van der Waals surface area contributed by atoms with Gasteiger partial charge in [-0.25, -0.2) is 9.97 Å². The van der Waals surface area contributed by atoms with Crippen molar-refractivity contribution in [3.63, 3.8) is 0 Å².